The van der Waals surface area contributed by atoms with Gasteiger partial charge in [0.05, 0.1) is 28.2 Å². The maximum atomic E-state index is 13.2. The fourth-order valence-electron chi connectivity index (χ4n) is 5.15. The highest BCUT2D eigenvalue weighted by Gasteiger charge is 2.23. The van der Waals surface area contributed by atoms with Gasteiger partial charge in [-0.2, -0.15) is 0 Å². The summed E-state index contributed by atoms with van der Waals surface area (Å²) in [5.74, 6) is 0.882. The molecule has 5 rings (SSSR count). The number of carbonyl (C=O) groups is 1. The molecule has 0 aliphatic heterocycles. The van der Waals surface area contributed by atoms with Gasteiger partial charge >= 0.3 is 0 Å². The molecule has 0 unspecified atom stereocenters. The number of hydrogen-bond donors (Lipinski definition) is 1. The zero-order chi connectivity index (χ0) is 24.5. The first kappa shape index (κ1) is 22.7. The number of non-ortho nitro benzene ring substituents is 1. The standard InChI is InChI=1S/C27H27N5O3/c1-17-23(19-11-13-22(14-12-19)32(34)35)9-6-10-24(17)26(33)30-21-15-28-27-29-18(2)25(31(27)16-21)20-7-4-3-5-8-20/h6,9-16,20H,3-5,7-8H2,1-2H3,(H,30,33). The molecule has 0 bridgehead atoms. The summed E-state index contributed by atoms with van der Waals surface area (Å²) in [4.78, 5) is 32.9. The van der Waals surface area contributed by atoms with Gasteiger partial charge in [-0.3, -0.25) is 19.3 Å². The number of nitrogens with zero attached hydrogens (tertiary/aromatic N) is 4. The van der Waals surface area contributed by atoms with Crippen molar-refractivity contribution >= 4 is 23.1 Å². The lowest BCUT2D eigenvalue weighted by atomic mass is 9.86. The number of carbonyl (C=O) groups excluding carboxylic acids is 1. The molecule has 0 spiro atoms. The SMILES string of the molecule is Cc1nc2ncc(NC(=O)c3cccc(-c4ccc([N+](=O)[O-])cc4)c3C)cn2c1C1CCCCC1. The zero-order valence-electron chi connectivity index (χ0n) is 19.8. The largest absolute Gasteiger partial charge is 0.319 e. The molecule has 4 aromatic rings. The number of nitro groups is 1. The zero-order valence-corrected chi connectivity index (χ0v) is 19.8. The Morgan fingerprint density at radius 3 is 2.54 bits per heavy atom. The predicted octanol–water partition coefficient (Wildman–Crippen LogP) is 6.22. The minimum atomic E-state index is -0.424. The smallest absolute Gasteiger partial charge is 0.269 e. The first-order valence-corrected chi connectivity index (χ1v) is 11.9. The van der Waals surface area contributed by atoms with Crippen molar-refractivity contribution in [2.45, 2.75) is 51.9 Å². The summed E-state index contributed by atoms with van der Waals surface area (Å²) < 4.78 is 2.03. The monoisotopic (exact) mass is 469 g/mol. The lowest BCUT2D eigenvalue weighted by Gasteiger charge is -2.22. The second-order valence-corrected chi connectivity index (χ2v) is 9.17. The molecule has 1 aliphatic rings. The van der Waals surface area contributed by atoms with E-state index in [9.17, 15) is 14.9 Å². The molecule has 8 nitrogen and oxygen atoms in total. The lowest BCUT2D eigenvalue weighted by Crippen LogP contribution is -2.15. The minimum Gasteiger partial charge on any atom is -0.319 e. The fourth-order valence-corrected chi connectivity index (χ4v) is 5.15. The van der Waals surface area contributed by atoms with Crippen molar-refractivity contribution in [3.63, 3.8) is 0 Å². The molecule has 8 heteroatoms. The summed E-state index contributed by atoms with van der Waals surface area (Å²) in [7, 11) is 0. The summed E-state index contributed by atoms with van der Waals surface area (Å²) >= 11 is 0. The molecule has 1 amide bonds. The van der Waals surface area contributed by atoms with Gasteiger partial charge in [-0.05, 0) is 61.6 Å². The number of benzene rings is 2. The number of anilines is 1. The minimum absolute atomic E-state index is 0.0329. The van der Waals surface area contributed by atoms with Gasteiger partial charge in [0.2, 0.25) is 5.78 Å². The van der Waals surface area contributed by atoms with E-state index < -0.39 is 4.92 Å². The number of nitrogens with one attached hydrogen (secondary N) is 1. The summed E-state index contributed by atoms with van der Waals surface area (Å²) in [6, 6.07) is 11.9. The average molecular weight is 470 g/mol. The van der Waals surface area contributed by atoms with Crippen molar-refractivity contribution in [3.05, 3.63) is 87.5 Å². The van der Waals surface area contributed by atoms with Crippen LogP contribution in [0.15, 0.2) is 54.9 Å². The van der Waals surface area contributed by atoms with Gasteiger partial charge < -0.3 is 5.32 Å². The van der Waals surface area contributed by atoms with Crippen molar-refractivity contribution in [3.8, 4) is 11.1 Å². The van der Waals surface area contributed by atoms with Crippen LogP contribution in [0, 0.1) is 24.0 Å². The number of nitro benzene ring substituents is 1. The quantitative estimate of drug-likeness (QED) is 0.276. The normalized spacial score (nSPS) is 14.2. The molecule has 1 saturated carbocycles. The number of aromatic nitrogens is 3. The Kier molecular flexibility index (Phi) is 6.03. The third-order valence-electron chi connectivity index (χ3n) is 6.92. The van der Waals surface area contributed by atoms with E-state index >= 15 is 0 Å². The van der Waals surface area contributed by atoms with Gasteiger partial charge in [0.1, 0.15) is 0 Å². The highest BCUT2D eigenvalue weighted by molar-refractivity contribution is 6.06. The molecule has 1 N–H and O–H groups in total. The van der Waals surface area contributed by atoms with Crippen molar-refractivity contribution in [2.24, 2.45) is 0 Å². The molecule has 35 heavy (non-hydrogen) atoms. The molecule has 2 aromatic heterocycles. The summed E-state index contributed by atoms with van der Waals surface area (Å²) in [5.41, 5.74) is 5.84. The molecular formula is C27H27N5O3. The fraction of sp³-hybridized carbons (Fsp3) is 0.296. The topological polar surface area (TPSA) is 102 Å². The molecule has 0 atom stereocenters. The summed E-state index contributed by atoms with van der Waals surface area (Å²) in [6.45, 7) is 3.91. The van der Waals surface area contributed by atoms with E-state index in [1.54, 1.807) is 24.4 Å². The number of fused-ring (bicyclic) bond motifs is 1. The molecule has 1 fully saturated rings. The van der Waals surface area contributed by atoms with E-state index in [0.717, 1.165) is 35.2 Å². The Labute approximate surface area is 203 Å². The Balaban J connectivity index is 1.43. The van der Waals surface area contributed by atoms with Gasteiger partial charge in [-0.1, -0.05) is 31.4 Å². The number of imidazole rings is 1. The van der Waals surface area contributed by atoms with Gasteiger partial charge in [0.25, 0.3) is 11.6 Å². The molecule has 0 saturated heterocycles. The number of amides is 1. The summed E-state index contributed by atoms with van der Waals surface area (Å²) in [5, 5.41) is 14.0. The Morgan fingerprint density at radius 2 is 1.83 bits per heavy atom. The number of hydrogen-bond acceptors (Lipinski definition) is 5. The van der Waals surface area contributed by atoms with Crippen LogP contribution < -0.4 is 5.32 Å². The van der Waals surface area contributed by atoms with Crippen LogP contribution in [0.1, 0.15) is 65.3 Å². The van der Waals surface area contributed by atoms with Gasteiger partial charge in [-0.15, -0.1) is 0 Å². The van der Waals surface area contributed by atoms with E-state index in [1.165, 1.54) is 37.1 Å². The predicted molar refractivity (Wildman–Crippen MR) is 135 cm³/mol. The molecule has 1 aliphatic carbocycles. The molecule has 0 radical (unpaired) electrons. The third kappa shape index (κ3) is 4.39. The van der Waals surface area contributed by atoms with Crippen LogP contribution >= 0.6 is 0 Å². The van der Waals surface area contributed by atoms with Gasteiger partial charge in [0.15, 0.2) is 0 Å². The van der Waals surface area contributed by atoms with Crippen molar-refractivity contribution in [1.29, 1.82) is 0 Å². The van der Waals surface area contributed by atoms with Crippen LogP contribution in [0.25, 0.3) is 16.9 Å². The third-order valence-corrected chi connectivity index (χ3v) is 6.92. The number of rotatable bonds is 5. The Morgan fingerprint density at radius 1 is 1.09 bits per heavy atom. The van der Waals surface area contributed by atoms with Gasteiger partial charge in [-0.25, -0.2) is 9.97 Å². The van der Waals surface area contributed by atoms with E-state index in [1.807, 2.05) is 36.6 Å². The molecule has 2 heterocycles. The maximum absolute atomic E-state index is 13.2. The lowest BCUT2D eigenvalue weighted by molar-refractivity contribution is -0.384. The second kappa shape index (κ2) is 9.29. The summed E-state index contributed by atoms with van der Waals surface area (Å²) in [6.07, 6.45) is 9.60. The van der Waals surface area contributed by atoms with Crippen molar-refractivity contribution in [2.75, 3.05) is 5.32 Å². The second-order valence-electron chi connectivity index (χ2n) is 9.17. The van der Waals surface area contributed by atoms with Crippen LogP contribution in [0.2, 0.25) is 0 Å². The van der Waals surface area contributed by atoms with Crippen molar-refractivity contribution < 1.29 is 9.72 Å². The highest BCUT2D eigenvalue weighted by atomic mass is 16.6. The van der Waals surface area contributed by atoms with E-state index in [-0.39, 0.29) is 11.6 Å². The van der Waals surface area contributed by atoms with E-state index in [2.05, 4.69) is 15.3 Å². The van der Waals surface area contributed by atoms with Crippen LogP contribution in [-0.4, -0.2) is 25.2 Å². The highest BCUT2D eigenvalue weighted by Crippen LogP contribution is 2.35. The molecule has 178 valence electrons. The molecule has 2 aromatic carbocycles. The maximum Gasteiger partial charge on any atom is 0.269 e. The van der Waals surface area contributed by atoms with Crippen LogP contribution in [0.3, 0.4) is 0 Å². The van der Waals surface area contributed by atoms with Crippen molar-refractivity contribution in [1.82, 2.24) is 14.4 Å². The first-order valence-electron chi connectivity index (χ1n) is 11.9. The van der Waals surface area contributed by atoms with Crippen LogP contribution in [-0.2, 0) is 0 Å². The van der Waals surface area contributed by atoms with Gasteiger partial charge in [0, 0.05) is 29.8 Å². The van der Waals surface area contributed by atoms with E-state index in [4.69, 9.17) is 0 Å². The number of aryl methyl sites for hydroxylation is 1. The Bertz CT molecular complexity index is 1420. The van der Waals surface area contributed by atoms with Crippen LogP contribution in [0.5, 0.6) is 0 Å². The molecular weight excluding hydrogens is 442 g/mol. The average Bonchev–Trinajstić information content (AvgIpc) is 3.19. The van der Waals surface area contributed by atoms with Crippen LogP contribution in [0.4, 0.5) is 11.4 Å². The Hall–Kier alpha value is -4.07. The first-order chi connectivity index (χ1) is 16.9. The van der Waals surface area contributed by atoms with E-state index in [0.29, 0.717) is 22.9 Å².